The summed E-state index contributed by atoms with van der Waals surface area (Å²) in [5.41, 5.74) is 8.01. The molecule has 3 aromatic heterocycles. The second-order valence-electron chi connectivity index (χ2n) is 13.9. The number of pyridine rings is 1. The highest BCUT2D eigenvalue weighted by Crippen LogP contribution is 2.41. The molecule has 6 rings (SSSR count). The summed E-state index contributed by atoms with van der Waals surface area (Å²) in [6.45, 7) is 9.63. The van der Waals surface area contributed by atoms with E-state index >= 15 is 0 Å². The van der Waals surface area contributed by atoms with Crippen LogP contribution >= 0.6 is 23.3 Å². The molecule has 0 radical (unpaired) electrons. The van der Waals surface area contributed by atoms with Gasteiger partial charge in [-0.25, -0.2) is 14.2 Å². The van der Waals surface area contributed by atoms with Crippen LogP contribution in [0.2, 0.25) is 0 Å². The number of halogens is 1. The van der Waals surface area contributed by atoms with Crippen LogP contribution in [0, 0.1) is 0 Å². The Hall–Kier alpha value is -5.12. The standard InChI is InChI=1S/C36H42N10O8S2.BrH/c1-7-53-42-25(28-40-34(56-43-28)41-35(50)54-36(3,4)5)30(47)39-26-31(48)46-27(33(49)52-17-21-10-12-23(51-6)13-11-21)22(18-55-32(26)46)16-44-14-8-9-24-29(44)38-19-45(24)15-20(2)37;/h8-14,19-20,26,32H,7,15-18,37H2,1-6H3,(H-,39,40,41,43,47,50);1H/b42-25-;/t20-,26?,32?;/m0./s1. The smallest absolute Gasteiger partial charge is 0.414 e. The number of nitrogens with two attached hydrogens (primary N) is 1. The van der Waals surface area contributed by atoms with Crippen molar-refractivity contribution in [2.24, 2.45) is 10.9 Å². The number of methoxy groups -OCH3 is 1. The van der Waals surface area contributed by atoms with Gasteiger partial charge in [0.15, 0.2) is 0 Å². The summed E-state index contributed by atoms with van der Waals surface area (Å²) in [4.78, 5) is 69.3. The molecule has 4 N–H and O–H groups in total. The lowest BCUT2D eigenvalue weighted by Gasteiger charge is -2.49. The van der Waals surface area contributed by atoms with Crippen LogP contribution in [-0.4, -0.2) is 95.9 Å². The molecule has 0 aliphatic carbocycles. The lowest BCUT2D eigenvalue weighted by molar-refractivity contribution is -0.664. The van der Waals surface area contributed by atoms with Gasteiger partial charge in [-0.1, -0.05) is 17.3 Å². The predicted octanol–water partition coefficient (Wildman–Crippen LogP) is -0.280. The van der Waals surface area contributed by atoms with Crippen LogP contribution in [-0.2, 0) is 48.4 Å². The van der Waals surface area contributed by atoms with Gasteiger partial charge in [-0.3, -0.25) is 19.8 Å². The fourth-order valence-electron chi connectivity index (χ4n) is 5.89. The quantitative estimate of drug-likeness (QED) is 0.0489. The highest BCUT2D eigenvalue weighted by Gasteiger charge is 2.55. The lowest BCUT2D eigenvalue weighted by atomic mass is 10.0. The molecule has 4 aromatic rings. The van der Waals surface area contributed by atoms with E-state index in [1.165, 1.54) is 16.7 Å². The molecule has 1 aromatic carbocycles. The molecule has 0 spiro atoms. The zero-order valence-electron chi connectivity index (χ0n) is 32.1. The van der Waals surface area contributed by atoms with Crippen LogP contribution in [0.1, 0.15) is 46.0 Å². The van der Waals surface area contributed by atoms with Crippen molar-refractivity contribution in [1.82, 2.24) is 29.1 Å². The number of amides is 3. The number of fused-ring (bicyclic) bond motifs is 2. The molecule has 304 valence electrons. The number of hydrogen-bond acceptors (Lipinski definition) is 15. The fraction of sp³-hybridized carbons (Fsp3) is 0.417. The number of benzene rings is 1. The third-order valence-corrected chi connectivity index (χ3v) is 10.3. The minimum absolute atomic E-state index is 0. The highest BCUT2D eigenvalue weighted by atomic mass is 79.9. The maximum absolute atomic E-state index is 14.0. The lowest BCUT2D eigenvalue weighted by Crippen LogP contribution is -3.00. The van der Waals surface area contributed by atoms with E-state index in [1.54, 1.807) is 65.4 Å². The Labute approximate surface area is 347 Å². The number of aromatic nitrogens is 5. The van der Waals surface area contributed by atoms with Crippen molar-refractivity contribution in [3.8, 4) is 5.75 Å². The summed E-state index contributed by atoms with van der Waals surface area (Å²) >= 11 is 2.20. The first-order chi connectivity index (χ1) is 26.8. The second-order valence-corrected chi connectivity index (χ2v) is 15.7. The molecule has 57 heavy (non-hydrogen) atoms. The van der Waals surface area contributed by atoms with Crippen molar-refractivity contribution in [2.45, 2.75) is 77.4 Å². The van der Waals surface area contributed by atoms with Gasteiger partial charge in [-0.15, -0.1) is 11.8 Å². The molecular formula is C36H43BrN10O8S2. The van der Waals surface area contributed by atoms with Crippen molar-refractivity contribution in [2.75, 3.05) is 24.8 Å². The van der Waals surface area contributed by atoms with Crippen molar-refractivity contribution in [1.29, 1.82) is 0 Å². The number of rotatable bonds is 14. The molecule has 2 aliphatic heterocycles. The molecule has 5 heterocycles. The number of β-lactam (4-membered cyclic amide) rings is 1. The summed E-state index contributed by atoms with van der Waals surface area (Å²) in [5, 5.41) is 8.54. The molecule has 3 amide bonds. The summed E-state index contributed by atoms with van der Waals surface area (Å²) < 4.78 is 24.3. The number of imidazole rings is 1. The second kappa shape index (κ2) is 18.4. The van der Waals surface area contributed by atoms with E-state index in [1.807, 2.05) is 34.4 Å². The van der Waals surface area contributed by atoms with Crippen LogP contribution in [0.5, 0.6) is 5.75 Å². The normalized spacial score (nSPS) is 17.2. The third-order valence-electron chi connectivity index (χ3n) is 8.30. The minimum Gasteiger partial charge on any atom is -1.00 e. The molecular weight excluding hydrogens is 844 g/mol. The fourth-order valence-corrected chi connectivity index (χ4v) is 7.78. The molecule has 3 atom stereocenters. The summed E-state index contributed by atoms with van der Waals surface area (Å²) in [5.74, 6) is -1.14. The van der Waals surface area contributed by atoms with Gasteiger partial charge in [-0.05, 0) is 69.4 Å². The van der Waals surface area contributed by atoms with Gasteiger partial charge in [-0.2, -0.15) is 9.36 Å². The molecule has 21 heteroatoms. The number of carbonyl (C=O) groups excluding carboxylic acids is 4. The van der Waals surface area contributed by atoms with E-state index in [0.29, 0.717) is 29.3 Å². The van der Waals surface area contributed by atoms with E-state index in [-0.39, 0.29) is 65.1 Å². The number of thioether (sulfide) groups is 1. The van der Waals surface area contributed by atoms with Gasteiger partial charge in [0.05, 0.1) is 13.3 Å². The molecule has 18 nitrogen and oxygen atoms in total. The number of nitrogens with zero attached hydrogens (tertiary/aromatic N) is 7. The number of oxime groups is 1. The first-order valence-corrected chi connectivity index (χ1v) is 19.5. The van der Waals surface area contributed by atoms with Gasteiger partial charge >= 0.3 is 17.7 Å². The maximum Gasteiger partial charge on any atom is 0.414 e. The summed E-state index contributed by atoms with van der Waals surface area (Å²) in [6.07, 6.45) is 2.83. The predicted molar refractivity (Wildman–Crippen MR) is 206 cm³/mol. The van der Waals surface area contributed by atoms with Crippen molar-refractivity contribution in [3.05, 3.63) is 71.6 Å². The number of carbonyl (C=O) groups is 4. The number of nitrogens with one attached hydrogen (secondary N) is 2. The van der Waals surface area contributed by atoms with E-state index in [4.69, 9.17) is 24.8 Å². The Morgan fingerprint density at radius 1 is 1.18 bits per heavy atom. The van der Waals surface area contributed by atoms with E-state index in [0.717, 1.165) is 22.6 Å². The Morgan fingerprint density at radius 2 is 1.93 bits per heavy atom. The molecule has 1 saturated heterocycles. The average Bonchev–Trinajstić information content (AvgIpc) is 3.79. The van der Waals surface area contributed by atoms with Crippen molar-refractivity contribution < 1.29 is 59.8 Å². The molecule has 2 unspecified atom stereocenters. The zero-order valence-corrected chi connectivity index (χ0v) is 35.3. The van der Waals surface area contributed by atoms with E-state index in [9.17, 15) is 19.2 Å². The Balaban J connectivity index is 0.00000620. The average molecular weight is 888 g/mol. The van der Waals surface area contributed by atoms with Crippen molar-refractivity contribution in [3.63, 3.8) is 0 Å². The molecule has 2 aliphatic rings. The number of anilines is 1. The van der Waals surface area contributed by atoms with Crippen LogP contribution in [0.15, 0.2) is 65.3 Å². The summed E-state index contributed by atoms with van der Waals surface area (Å²) in [6, 6.07) is 9.80. The van der Waals surface area contributed by atoms with Gasteiger partial charge in [0.1, 0.15) is 53.7 Å². The van der Waals surface area contributed by atoms with Crippen LogP contribution < -0.4 is 42.7 Å². The number of hydrogen-bond donors (Lipinski definition) is 3. The Morgan fingerprint density at radius 3 is 2.61 bits per heavy atom. The van der Waals surface area contributed by atoms with E-state index < -0.39 is 40.9 Å². The van der Waals surface area contributed by atoms with Crippen LogP contribution in [0.25, 0.3) is 11.2 Å². The molecule has 0 bridgehead atoms. The highest BCUT2D eigenvalue weighted by molar-refractivity contribution is 8.00. The van der Waals surface area contributed by atoms with Crippen molar-refractivity contribution >= 4 is 69.2 Å². The topological polar surface area (TPSA) is 218 Å². The van der Waals surface area contributed by atoms with E-state index in [2.05, 4.69) is 30.1 Å². The largest absolute Gasteiger partial charge is 1.00 e. The number of ether oxygens (including phenoxy) is 3. The van der Waals surface area contributed by atoms with Gasteiger partial charge in [0.25, 0.3) is 11.8 Å². The number of esters is 1. The monoisotopic (exact) mass is 886 g/mol. The van der Waals surface area contributed by atoms with Gasteiger partial charge < -0.3 is 51.6 Å². The molecule has 0 saturated carbocycles. The Kier molecular flexibility index (Phi) is 13.9. The van der Waals surface area contributed by atoms with Gasteiger partial charge in [0, 0.05) is 35.4 Å². The van der Waals surface area contributed by atoms with Gasteiger partial charge in [0.2, 0.25) is 23.0 Å². The summed E-state index contributed by atoms with van der Waals surface area (Å²) in [7, 11) is 1.56. The Bertz CT molecular complexity index is 2180. The van der Waals surface area contributed by atoms with Crippen LogP contribution in [0.4, 0.5) is 9.93 Å². The zero-order chi connectivity index (χ0) is 40.1. The van der Waals surface area contributed by atoms with Crippen LogP contribution in [0.3, 0.4) is 0 Å². The first-order valence-electron chi connectivity index (χ1n) is 17.7. The molecule has 1 fully saturated rings. The SMILES string of the molecule is CCO/N=C(\C(=O)NC1C(=O)N2C(C(=O)OCc3ccc(OC)cc3)=C(C[n+]3cccc4c3ncn4C[C@H](C)N)CSC12)c1nsc(NC(=O)OC(C)(C)C)n1.[Br-]. The third kappa shape index (κ3) is 10.1. The first kappa shape index (κ1) is 43.0. The maximum atomic E-state index is 14.0. The minimum atomic E-state index is -1.03.